The van der Waals surface area contributed by atoms with E-state index in [0.717, 1.165) is 5.69 Å². The molecule has 6 nitrogen and oxygen atoms in total. The summed E-state index contributed by atoms with van der Waals surface area (Å²) in [6, 6.07) is 0.181. The number of H-pyrrole nitrogens is 2. The highest BCUT2D eigenvalue weighted by Gasteiger charge is 2.15. The van der Waals surface area contributed by atoms with Crippen molar-refractivity contribution in [2.24, 2.45) is 0 Å². The summed E-state index contributed by atoms with van der Waals surface area (Å²) in [5.74, 6) is 0. The smallest absolute Gasteiger partial charge is 0.275 e. The first-order chi connectivity index (χ1) is 8.15. The second-order valence-electron chi connectivity index (χ2n) is 4.10. The Morgan fingerprint density at radius 2 is 2.29 bits per heavy atom. The molecule has 92 valence electrons. The lowest BCUT2D eigenvalue weighted by molar-refractivity contribution is 0.277. The number of nitrogens with zero attached hydrogens (tertiary/aromatic N) is 2. The predicted molar refractivity (Wildman–Crippen MR) is 66.3 cm³/mol. The van der Waals surface area contributed by atoms with Gasteiger partial charge < -0.3 is 20.0 Å². The van der Waals surface area contributed by atoms with Gasteiger partial charge in [0.05, 0.1) is 12.0 Å². The molecule has 2 rings (SSSR count). The monoisotopic (exact) mass is 236 g/mol. The van der Waals surface area contributed by atoms with Crippen LogP contribution in [0.4, 0.5) is 5.69 Å². The molecule has 2 aromatic rings. The largest absolute Gasteiger partial charge is 0.396 e. The van der Waals surface area contributed by atoms with E-state index in [1.807, 2.05) is 18.9 Å². The summed E-state index contributed by atoms with van der Waals surface area (Å²) in [5, 5.41) is 8.94. The first-order valence-electron chi connectivity index (χ1n) is 5.53. The van der Waals surface area contributed by atoms with Crippen LogP contribution in [0, 0.1) is 0 Å². The van der Waals surface area contributed by atoms with Gasteiger partial charge in [-0.15, -0.1) is 0 Å². The summed E-state index contributed by atoms with van der Waals surface area (Å²) in [4.78, 5) is 23.1. The highest BCUT2D eigenvalue weighted by molar-refractivity contribution is 5.88. The normalized spacial score (nSPS) is 12.9. The van der Waals surface area contributed by atoms with Crippen LogP contribution in [-0.2, 0) is 0 Å². The molecule has 0 aliphatic heterocycles. The second kappa shape index (κ2) is 4.58. The zero-order valence-corrected chi connectivity index (χ0v) is 9.90. The Morgan fingerprint density at radius 3 is 3.00 bits per heavy atom. The molecule has 0 aliphatic rings. The van der Waals surface area contributed by atoms with Crippen LogP contribution < -0.4 is 10.5 Å². The highest BCUT2D eigenvalue weighted by atomic mass is 16.3. The summed E-state index contributed by atoms with van der Waals surface area (Å²) in [6.45, 7) is 2.16. The van der Waals surface area contributed by atoms with E-state index >= 15 is 0 Å². The van der Waals surface area contributed by atoms with Crippen LogP contribution in [-0.4, -0.2) is 39.8 Å². The lowest BCUT2D eigenvalue weighted by Gasteiger charge is -2.25. The Balaban J connectivity index is 2.42. The van der Waals surface area contributed by atoms with E-state index in [1.54, 1.807) is 6.20 Å². The van der Waals surface area contributed by atoms with Crippen LogP contribution in [0.5, 0.6) is 0 Å². The highest BCUT2D eigenvalue weighted by Crippen LogP contribution is 2.23. The molecule has 2 aromatic heterocycles. The first-order valence-corrected chi connectivity index (χ1v) is 5.53. The summed E-state index contributed by atoms with van der Waals surface area (Å²) in [7, 11) is 1.92. The second-order valence-corrected chi connectivity index (χ2v) is 4.10. The molecular formula is C11H16N4O2. The third-order valence-electron chi connectivity index (χ3n) is 3.04. The fourth-order valence-electron chi connectivity index (χ4n) is 1.82. The van der Waals surface area contributed by atoms with Crippen molar-refractivity contribution in [3.8, 4) is 0 Å². The fraction of sp³-hybridized carbons (Fsp3) is 0.455. The number of hydrogen-bond donors (Lipinski definition) is 3. The lowest BCUT2D eigenvalue weighted by Crippen LogP contribution is -2.29. The van der Waals surface area contributed by atoms with Gasteiger partial charge >= 0.3 is 0 Å². The van der Waals surface area contributed by atoms with Gasteiger partial charge in [-0.2, -0.15) is 0 Å². The average molecular weight is 236 g/mol. The minimum atomic E-state index is -0.176. The van der Waals surface area contributed by atoms with Crippen molar-refractivity contribution in [3.05, 3.63) is 22.9 Å². The van der Waals surface area contributed by atoms with Crippen molar-refractivity contribution in [1.29, 1.82) is 0 Å². The number of fused-ring (bicyclic) bond motifs is 1. The van der Waals surface area contributed by atoms with Crippen molar-refractivity contribution < 1.29 is 5.11 Å². The van der Waals surface area contributed by atoms with Crippen molar-refractivity contribution in [3.63, 3.8) is 0 Å². The van der Waals surface area contributed by atoms with Crippen molar-refractivity contribution in [2.45, 2.75) is 19.4 Å². The Kier molecular flexibility index (Phi) is 3.14. The Morgan fingerprint density at radius 1 is 1.53 bits per heavy atom. The molecule has 0 aliphatic carbocycles. The van der Waals surface area contributed by atoms with E-state index in [1.165, 1.54) is 6.33 Å². The zero-order valence-electron chi connectivity index (χ0n) is 9.90. The molecule has 0 saturated carbocycles. The van der Waals surface area contributed by atoms with E-state index in [4.69, 9.17) is 5.11 Å². The van der Waals surface area contributed by atoms with Crippen molar-refractivity contribution in [1.82, 2.24) is 15.0 Å². The number of aromatic nitrogens is 3. The molecule has 6 heteroatoms. The topological polar surface area (TPSA) is 85.0 Å². The molecule has 3 N–H and O–H groups in total. The van der Waals surface area contributed by atoms with E-state index in [-0.39, 0.29) is 18.2 Å². The zero-order chi connectivity index (χ0) is 12.4. The standard InChI is InChI=1S/C11H16N4O2/c1-7(3-4-16)15(2)8-5-12-10-9(8)13-6-14-11(10)17/h5-7,12,16H,3-4H2,1-2H3,(H,13,14,17). The van der Waals surface area contributed by atoms with Gasteiger partial charge in [0, 0.05) is 25.9 Å². The molecule has 17 heavy (non-hydrogen) atoms. The quantitative estimate of drug-likeness (QED) is 0.720. The number of aromatic amines is 2. The number of aliphatic hydroxyl groups is 1. The van der Waals surface area contributed by atoms with Crippen LogP contribution in [0.3, 0.4) is 0 Å². The molecular weight excluding hydrogens is 220 g/mol. The van der Waals surface area contributed by atoms with Crippen LogP contribution >= 0.6 is 0 Å². The molecule has 0 fully saturated rings. The van der Waals surface area contributed by atoms with Gasteiger partial charge in [0.25, 0.3) is 5.56 Å². The number of rotatable bonds is 4. The maximum Gasteiger partial charge on any atom is 0.275 e. The number of nitrogens with one attached hydrogen (secondary N) is 2. The Labute approximate surface area is 98.3 Å². The van der Waals surface area contributed by atoms with Gasteiger partial charge in [0.2, 0.25) is 0 Å². The van der Waals surface area contributed by atoms with Gasteiger partial charge in [-0.1, -0.05) is 0 Å². The molecule has 0 spiro atoms. The molecule has 0 radical (unpaired) electrons. The maximum atomic E-state index is 11.5. The number of anilines is 1. The molecule has 1 atom stereocenters. The van der Waals surface area contributed by atoms with Gasteiger partial charge in [-0.3, -0.25) is 4.79 Å². The van der Waals surface area contributed by atoms with E-state index in [2.05, 4.69) is 15.0 Å². The van der Waals surface area contributed by atoms with Crippen LogP contribution in [0.15, 0.2) is 17.3 Å². The van der Waals surface area contributed by atoms with Crippen LogP contribution in [0.2, 0.25) is 0 Å². The third-order valence-corrected chi connectivity index (χ3v) is 3.04. The fourth-order valence-corrected chi connectivity index (χ4v) is 1.82. The molecule has 2 heterocycles. The summed E-state index contributed by atoms with van der Waals surface area (Å²) >= 11 is 0. The lowest BCUT2D eigenvalue weighted by atomic mass is 10.2. The minimum Gasteiger partial charge on any atom is -0.396 e. The number of hydrogen-bond acceptors (Lipinski definition) is 4. The molecule has 0 saturated heterocycles. The summed E-state index contributed by atoms with van der Waals surface area (Å²) < 4.78 is 0. The van der Waals surface area contributed by atoms with Crippen LogP contribution in [0.25, 0.3) is 11.0 Å². The van der Waals surface area contributed by atoms with Gasteiger partial charge in [0.1, 0.15) is 11.0 Å². The summed E-state index contributed by atoms with van der Waals surface area (Å²) in [5.41, 5.74) is 1.82. The van der Waals surface area contributed by atoms with Gasteiger partial charge in [-0.25, -0.2) is 4.98 Å². The van der Waals surface area contributed by atoms with E-state index in [9.17, 15) is 4.79 Å². The SMILES string of the molecule is CC(CCO)N(C)c1c[nH]c2c(=O)[nH]cnc12. The number of aliphatic hydroxyl groups excluding tert-OH is 1. The maximum absolute atomic E-state index is 11.5. The van der Waals surface area contributed by atoms with E-state index in [0.29, 0.717) is 17.5 Å². The van der Waals surface area contributed by atoms with E-state index < -0.39 is 0 Å². The molecule has 0 bridgehead atoms. The predicted octanol–water partition coefficient (Wildman–Crippen LogP) is 0.458. The molecule has 1 unspecified atom stereocenters. The molecule has 0 aromatic carbocycles. The third kappa shape index (κ3) is 2.03. The van der Waals surface area contributed by atoms with Crippen molar-refractivity contribution in [2.75, 3.05) is 18.6 Å². The Hall–Kier alpha value is -1.82. The Bertz CT molecular complexity index is 560. The van der Waals surface area contributed by atoms with Crippen LogP contribution in [0.1, 0.15) is 13.3 Å². The van der Waals surface area contributed by atoms with Gasteiger partial charge in [0.15, 0.2) is 0 Å². The van der Waals surface area contributed by atoms with Gasteiger partial charge in [-0.05, 0) is 13.3 Å². The first kappa shape index (κ1) is 11.7. The summed E-state index contributed by atoms with van der Waals surface area (Å²) in [6.07, 6.45) is 3.83. The molecule has 0 amide bonds. The average Bonchev–Trinajstić information content (AvgIpc) is 2.73. The van der Waals surface area contributed by atoms with Crippen molar-refractivity contribution >= 4 is 16.7 Å². The minimum absolute atomic E-state index is 0.141.